The molecule has 0 bridgehead atoms. The molecule has 0 radical (unpaired) electrons. The number of nitrogens with zero attached hydrogens (tertiary/aromatic N) is 12. The zero-order chi connectivity index (χ0) is 76.4. The number of hydrogen-bond acceptors (Lipinski definition) is 26. The summed E-state index contributed by atoms with van der Waals surface area (Å²) in [6.07, 6.45) is 11.3. The Balaban J connectivity index is 0.000000137. The lowest BCUT2D eigenvalue weighted by Crippen LogP contribution is -2.21. The van der Waals surface area contributed by atoms with Crippen LogP contribution >= 0.6 is 0 Å². The second-order valence-electron chi connectivity index (χ2n) is 27.4. The van der Waals surface area contributed by atoms with E-state index in [1.807, 2.05) is 53.6 Å². The van der Waals surface area contributed by atoms with Crippen LogP contribution < -0.4 is 67.1 Å². The predicted octanol–water partition coefficient (Wildman–Crippen LogP) is 3.69. The Labute approximate surface area is 605 Å². The van der Waals surface area contributed by atoms with Crippen molar-refractivity contribution in [2.24, 2.45) is 24.3 Å². The molecule has 3 aliphatic rings. The van der Waals surface area contributed by atoms with E-state index in [0.29, 0.717) is 100 Å². The van der Waals surface area contributed by atoms with Crippen molar-refractivity contribution in [2.75, 3.05) is 78.6 Å². The average Bonchev–Trinajstić information content (AvgIpc) is 1.66. The average molecular weight is 1460 g/mol. The van der Waals surface area contributed by atoms with E-state index in [-0.39, 0.29) is 93.4 Å². The fourth-order valence-corrected chi connectivity index (χ4v) is 12.5. The summed E-state index contributed by atoms with van der Waals surface area (Å²) < 4.78 is 8.38. The van der Waals surface area contributed by atoms with Gasteiger partial charge < -0.3 is 78.2 Å². The molecule has 5 atom stereocenters. The molecule has 10 aromatic heterocycles. The van der Waals surface area contributed by atoms with E-state index in [4.69, 9.17) is 38.3 Å². The molecule has 3 aliphatic heterocycles. The van der Waals surface area contributed by atoms with Gasteiger partial charge in [0.15, 0.2) is 22.3 Å². The monoisotopic (exact) mass is 1460 g/mol. The lowest BCUT2D eigenvalue weighted by atomic mass is 9.86. The second-order valence-corrected chi connectivity index (χ2v) is 27.4. The van der Waals surface area contributed by atoms with Crippen molar-refractivity contribution in [2.45, 2.75) is 119 Å². The highest BCUT2D eigenvalue weighted by molar-refractivity contribution is 6.04. The van der Waals surface area contributed by atoms with Crippen molar-refractivity contribution in [3.8, 4) is 0 Å². The zero-order valence-corrected chi connectivity index (χ0v) is 60.5. The van der Waals surface area contributed by atoms with Gasteiger partial charge in [-0.2, -0.15) is 9.97 Å². The third kappa shape index (κ3) is 18.4. The molecule has 22 N–H and O–H groups in total. The lowest BCUT2D eigenvalue weighted by Gasteiger charge is -2.22. The maximum absolute atomic E-state index is 11.9. The molecular weight excluding hydrogens is 1360 g/mol. The number of amides is 1. The number of fused-ring (bicyclic) bond motifs is 5. The first-order chi connectivity index (χ1) is 50.5. The van der Waals surface area contributed by atoms with Crippen molar-refractivity contribution in [3.05, 3.63) is 176 Å². The Bertz CT molecular complexity index is 5270. The largest absolute Gasteiger partial charge is 0.396 e. The number of aryl methyl sites for hydroxylation is 6. The van der Waals surface area contributed by atoms with Gasteiger partial charge in [0.1, 0.15) is 39.1 Å². The van der Waals surface area contributed by atoms with Gasteiger partial charge in [0.25, 0.3) is 33.7 Å². The zero-order valence-electron chi connectivity index (χ0n) is 60.5. The normalized spacial score (nSPS) is 16.9. The van der Waals surface area contributed by atoms with E-state index in [1.165, 1.54) is 29.2 Å². The lowest BCUT2D eigenvalue weighted by molar-refractivity contribution is 0.102. The van der Waals surface area contributed by atoms with Crippen molar-refractivity contribution in [1.82, 2.24) is 93.9 Å². The van der Waals surface area contributed by atoms with Gasteiger partial charge >= 0.3 is 0 Å². The van der Waals surface area contributed by atoms with E-state index in [1.54, 1.807) is 37.3 Å². The summed E-state index contributed by atoms with van der Waals surface area (Å²) in [7, 11) is 1.75. The number of likely N-dealkylation sites (tertiary alicyclic amines) is 2. The van der Waals surface area contributed by atoms with Gasteiger partial charge in [0.2, 0.25) is 29.7 Å². The number of aromatic nitrogens is 17. The number of nitrogens with one attached hydrogen (secondary N) is 9. The van der Waals surface area contributed by atoms with E-state index < -0.39 is 6.10 Å². The number of β-amino-alcohol motifs (C(OH)–C–C–N with tert-alkyl or cyclic N) is 2. The first kappa shape index (κ1) is 76.8. The summed E-state index contributed by atoms with van der Waals surface area (Å²) in [5.41, 5.74) is 39.6. The van der Waals surface area contributed by atoms with E-state index in [9.17, 15) is 39.0 Å². The first-order valence-electron chi connectivity index (χ1n) is 34.5. The summed E-state index contributed by atoms with van der Waals surface area (Å²) in [6.45, 7) is 21.9. The molecule has 106 heavy (non-hydrogen) atoms. The van der Waals surface area contributed by atoms with Crippen LogP contribution in [0.15, 0.2) is 102 Å². The molecular formula is C70H92N26O10. The molecule has 0 aliphatic carbocycles. The number of H-pyrrole nitrogens is 7. The number of nitrogens with two attached hydrogens (primary N) is 5. The molecule has 13 heterocycles. The number of aliphatic hydroxyl groups is 3. The number of aliphatic hydroxyl groups excluding tert-OH is 3. The molecule has 2 saturated heterocycles. The number of anilines is 7. The Morgan fingerprint density at radius 2 is 1.19 bits per heavy atom. The van der Waals surface area contributed by atoms with Crippen LogP contribution in [0.2, 0.25) is 0 Å². The van der Waals surface area contributed by atoms with Gasteiger partial charge in [-0.15, -0.1) is 0 Å². The molecule has 2 aromatic carbocycles. The van der Waals surface area contributed by atoms with Crippen LogP contribution in [0, 0.1) is 44.9 Å². The molecule has 15 rings (SSSR count). The van der Waals surface area contributed by atoms with Gasteiger partial charge in [-0.3, -0.25) is 63.5 Å². The highest BCUT2D eigenvalue weighted by Gasteiger charge is 2.33. The second kappa shape index (κ2) is 33.3. The number of rotatable bonds is 14. The van der Waals surface area contributed by atoms with Crippen LogP contribution in [0.4, 0.5) is 41.1 Å². The topological polar surface area (TPSA) is 560 Å². The Hall–Kier alpha value is -11.9. The van der Waals surface area contributed by atoms with Crippen LogP contribution in [0.3, 0.4) is 0 Å². The predicted molar refractivity (Wildman–Crippen MR) is 404 cm³/mol. The van der Waals surface area contributed by atoms with Gasteiger partial charge in [-0.05, 0) is 92.7 Å². The maximum atomic E-state index is 11.9. The number of benzene rings is 2. The fourth-order valence-electron chi connectivity index (χ4n) is 12.5. The Morgan fingerprint density at radius 1 is 0.642 bits per heavy atom. The van der Waals surface area contributed by atoms with E-state index >= 15 is 0 Å². The van der Waals surface area contributed by atoms with Crippen molar-refractivity contribution < 1.29 is 24.6 Å². The van der Waals surface area contributed by atoms with Crippen LogP contribution in [0.1, 0.15) is 108 Å². The minimum Gasteiger partial charge on any atom is -0.396 e. The number of carbonyl (C=O) groups is 1. The van der Waals surface area contributed by atoms with Crippen LogP contribution in [0.25, 0.3) is 44.4 Å². The molecule has 5 unspecified atom stereocenters. The van der Waals surface area contributed by atoms with Gasteiger partial charge in [0.05, 0.1) is 36.8 Å². The fraction of sp³-hybridized carbons (Fsp3) is 0.400. The quantitative estimate of drug-likeness (QED) is 0.0738. The standard InChI is InChI=1S/C14H16N4O.C13H19N5O2.C13H14N2O2.C12H17N5O3.C12H19N5O.C6H7N5O/c1-8-4-2-3-5-9(8)6-10-7-16-12-11(10)17-14(15)18-13(12)19;1-2-7-4-18(6-9(7)19)5-8-3-15-11-10(8)16-13(14)17-12(11)20;1-8-4-5-11(6-9(8)2)15-13(16)12-7-14-17-10(12)3;13-12-15-9-6(1-14-10(9)11(20)16-12)2-17-3-7(5-18)8(19)4-17;1-4-12(2,3)5-6-17-7-14-8-9(17)15-11(13)16-10(8)18;1-11-2-8-3-4(11)9-6(7)10-5(3)12/h2-5,10,16H,6-7H2,1H3,(H3,15,17,18,19);3,7,9,15,19H,2,4-6H2,1H3,(H3,14,16,17,20);4-7H,1-3H3,(H,15,16);1,7-8,14,18-19H,2-5H2,(H3,13,15,16,20);7H,4-6H2,1-3H3,(H3,13,15,16,18);2H,1H3,(H3,7,9,10,12). The molecule has 12 aromatic rings. The van der Waals surface area contributed by atoms with Crippen LogP contribution in [-0.4, -0.2) is 167 Å². The minimum absolute atomic E-state index is 0.0313. The van der Waals surface area contributed by atoms with Crippen molar-refractivity contribution >= 4 is 91.4 Å². The summed E-state index contributed by atoms with van der Waals surface area (Å²) in [6, 6.07) is 14.1. The number of carbonyl (C=O) groups excluding carboxylic acids is 1. The molecule has 562 valence electrons. The highest BCUT2D eigenvalue weighted by Crippen LogP contribution is 2.32. The van der Waals surface area contributed by atoms with E-state index in [0.717, 1.165) is 73.4 Å². The third-order valence-electron chi connectivity index (χ3n) is 19.2. The van der Waals surface area contributed by atoms with Crippen LogP contribution in [0.5, 0.6) is 0 Å². The van der Waals surface area contributed by atoms with Crippen LogP contribution in [-0.2, 0) is 33.1 Å². The number of imidazole rings is 2. The molecule has 36 nitrogen and oxygen atoms in total. The first-order valence-corrected chi connectivity index (χ1v) is 34.5. The van der Waals surface area contributed by atoms with Gasteiger partial charge in [-0.1, -0.05) is 69.6 Å². The summed E-state index contributed by atoms with van der Waals surface area (Å²) in [4.78, 5) is 121. The number of nitrogen functional groups attached to an aromatic ring is 5. The van der Waals surface area contributed by atoms with Gasteiger partial charge in [0, 0.05) is 107 Å². The smallest absolute Gasteiger partial charge is 0.280 e. The highest BCUT2D eigenvalue weighted by atomic mass is 16.5. The SMILES string of the molecule is CCC(C)(C)CCn1cnc2c(=O)[nH]c(N)nc21.CCC1CN(Cc2c[nH]c3c(=O)[nH]c(N)nc23)CC1O.Cc1ccc(NC(=O)c2cnoc2C)cc1C.Cc1ccccc1CC1CNc2c1nc(N)[nH]c2=O.Cn1cnc2c(=O)[nH]c(N)nc21.Nc1nc2c(CN3CC(O)C(CO)C3)c[nH]c2c(=O)[nH]1. The molecule has 2 fully saturated rings. The number of hydrogen-bond donors (Lipinski definition) is 17. The van der Waals surface area contributed by atoms with Crippen molar-refractivity contribution in [1.29, 1.82) is 0 Å². The molecule has 0 saturated carbocycles. The molecule has 1 amide bonds. The minimum atomic E-state index is -0.522. The Kier molecular flexibility index (Phi) is 24.1. The van der Waals surface area contributed by atoms with Gasteiger partial charge in [-0.25, -0.2) is 24.9 Å². The molecule has 36 heteroatoms. The summed E-state index contributed by atoms with van der Waals surface area (Å²) in [5, 5.41) is 38.4. The number of aromatic amines is 7. The maximum Gasteiger partial charge on any atom is 0.280 e. The third-order valence-corrected chi connectivity index (χ3v) is 19.2. The molecule has 0 spiro atoms. The van der Waals surface area contributed by atoms with Crippen molar-refractivity contribution in [3.63, 3.8) is 0 Å². The summed E-state index contributed by atoms with van der Waals surface area (Å²) >= 11 is 0. The van der Waals surface area contributed by atoms with E-state index in [2.05, 4.69) is 137 Å². The summed E-state index contributed by atoms with van der Waals surface area (Å²) in [5.74, 6) is 1.33. The Morgan fingerprint density at radius 3 is 1.75 bits per heavy atom.